The molecule has 162 valence electrons. The van der Waals surface area contributed by atoms with Gasteiger partial charge in [-0.1, -0.05) is 32.0 Å². The summed E-state index contributed by atoms with van der Waals surface area (Å²) in [7, 11) is 4.55. The number of nitrogens with zero attached hydrogens (tertiary/aromatic N) is 2. The van der Waals surface area contributed by atoms with Crippen LogP contribution in [0.4, 0.5) is 5.69 Å². The second-order valence-corrected chi connectivity index (χ2v) is 7.01. The molecule has 0 fully saturated rings. The third-order valence-corrected chi connectivity index (χ3v) is 5.24. The number of carbonyl (C=O) groups is 1. The maximum Gasteiger partial charge on any atom is 0.255 e. The predicted octanol–water partition coefficient (Wildman–Crippen LogP) is 5.37. The number of hydrogen-bond acceptors (Lipinski definition) is 6. The van der Waals surface area contributed by atoms with Crippen LogP contribution in [0.15, 0.2) is 54.2 Å². The van der Waals surface area contributed by atoms with E-state index in [9.17, 15) is 4.79 Å². The third-order valence-electron chi connectivity index (χ3n) is 4.47. The highest BCUT2D eigenvalue weighted by Crippen LogP contribution is 2.38. The van der Waals surface area contributed by atoms with Crippen LogP contribution in [0.2, 0.25) is 0 Å². The molecule has 0 aliphatic rings. The number of para-hydroxylation sites is 1. The molecule has 1 N–H and O–H groups in total. The molecule has 4 aromatic rings. The van der Waals surface area contributed by atoms with Crippen LogP contribution in [0.3, 0.4) is 0 Å². The number of methoxy groups -OCH3 is 3. The molecule has 0 radical (unpaired) electrons. The molecule has 0 saturated carbocycles. The van der Waals surface area contributed by atoms with Gasteiger partial charge in [0.05, 0.1) is 32.7 Å². The van der Waals surface area contributed by atoms with Crippen LogP contribution in [0, 0.1) is 0 Å². The summed E-state index contributed by atoms with van der Waals surface area (Å²) in [6, 6.07) is 10.8. The number of ether oxygens (including phenoxy) is 3. The number of thiazole rings is 1. The second kappa shape index (κ2) is 9.99. The third kappa shape index (κ3) is 4.49. The minimum absolute atomic E-state index is 0.294. The van der Waals surface area contributed by atoms with Gasteiger partial charge in [0.15, 0.2) is 16.5 Å². The van der Waals surface area contributed by atoms with Crippen molar-refractivity contribution >= 4 is 27.9 Å². The van der Waals surface area contributed by atoms with Gasteiger partial charge >= 0.3 is 0 Å². The Labute approximate surface area is 185 Å². The smallest absolute Gasteiger partial charge is 0.255 e. The van der Waals surface area contributed by atoms with Crippen LogP contribution < -0.4 is 19.5 Å². The average Bonchev–Trinajstić information content (AvgIpc) is 3.42. The normalized spacial score (nSPS) is 10.2. The van der Waals surface area contributed by atoms with Crippen molar-refractivity contribution in [1.82, 2.24) is 9.38 Å². The Kier molecular flexibility index (Phi) is 7.15. The van der Waals surface area contributed by atoms with E-state index in [1.165, 1.54) is 21.3 Å². The van der Waals surface area contributed by atoms with Gasteiger partial charge in [0.25, 0.3) is 5.91 Å². The second-order valence-electron chi connectivity index (χ2n) is 6.13. The molecule has 0 unspecified atom stereocenters. The van der Waals surface area contributed by atoms with E-state index in [1.807, 2.05) is 60.3 Å². The Morgan fingerprint density at radius 1 is 1.03 bits per heavy atom. The molecule has 0 bridgehead atoms. The molecule has 2 aromatic carbocycles. The highest BCUT2D eigenvalue weighted by Gasteiger charge is 2.18. The fraction of sp³-hybridized carbons (Fsp3) is 0.217. The van der Waals surface area contributed by atoms with Crippen molar-refractivity contribution in [2.75, 3.05) is 26.6 Å². The van der Waals surface area contributed by atoms with E-state index >= 15 is 0 Å². The van der Waals surface area contributed by atoms with E-state index in [4.69, 9.17) is 14.2 Å². The number of fused-ring (bicyclic) bond motifs is 1. The summed E-state index contributed by atoms with van der Waals surface area (Å²) in [6.45, 7) is 4.00. The number of aromatic nitrogens is 2. The first-order chi connectivity index (χ1) is 15.1. The Morgan fingerprint density at radius 3 is 2.32 bits per heavy atom. The standard InChI is InChI=1S/C21H19N3O4S.C2H6/c1-26-17-10-13(11-18(27-2)19(17)28-3)20(25)22-15-7-5-4-6-14(15)16-12-24-8-9-29-21(24)23-16;1-2/h4-12H,1-3H3,(H,22,25);1-2H3. The topological polar surface area (TPSA) is 74.1 Å². The largest absolute Gasteiger partial charge is 0.493 e. The molecule has 7 nitrogen and oxygen atoms in total. The van der Waals surface area contributed by atoms with Crippen molar-refractivity contribution in [3.8, 4) is 28.5 Å². The van der Waals surface area contributed by atoms with Crippen molar-refractivity contribution in [2.45, 2.75) is 13.8 Å². The first-order valence-electron chi connectivity index (χ1n) is 9.77. The Hall–Kier alpha value is -3.52. The summed E-state index contributed by atoms with van der Waals surface area (Å²) in [6.07, 6.45) is 3.89. The Balaban J connectivity index is 0.00000132. The fourth-order valence-electron chi connectivity index (χ4n) is 3.08. The van der Waals surface area contributed by atoms with E-state index in [-0.39, 0.29) is 5.91 Å². The number of anilines is 1. The molecule has 2 aromatic heterocycles. The van der Waals surface area contributed by atoms with E-state index in [1.54, 1.807) is 23.5 Å². The summed E-state index contributed by atoms with van der Waals surface area (Å²) in [5, 5.41) is 4.94. The van der Waals surface area contributed by atoms with Gasteiger partial charge in [0.2, 0.25) is 5.75 Å². The molecule has 0 aliphatic carbocycles. The first-order valence-corrected chi connectivity index (χ1v) is 10.7. The molecule has 0 atom stereocenters. The van der Waals surface area contributed by atoms with Crippen molar-refractivity contribution in [2.24, 2.45) is 0 Å². The van der Waals surface area contributed by atoms with Gasteiger partial charge in [0.1, 0.15) is 0 Å². The van der Waals surface area contributed by atoms with Gasteiger partial charge in [-0.3, -0.25) is 9.20 Å². The van der Waals surface area contributed by atoms with Crippen molar-refractivity contribution in [1.29, 1.82) is 0 Å². The van der Waals surface area contributed by atoms with Gasteiger partial charge < -0.3 is 19.5 Å². The highest BCUT2D eigenvalue weighted by atomic mass is 32.1. The van der Waals surface area contributed by atoms with Crippen LogP contribution in [0.1, 0.15) is 24.2 Å². The zero-order chi connectivity index (χ0) is 22.4. The predicted molar refractivity (Wildman–Crippen MR) is 124 cm³/mol. The van der Waals surface area contributed by atoms with Gasteiger partial charge in [0, 0.05) is 28.9 Å². The Bertz CT molecular complexity index is 1130. The van der Waals surface area contributed by atoms with Crippen LogP contribution in [0.25, 0.3) is 16.2 Å². The molecular formula is C23H25N3O4S. The summed E-state index contributed by atoms with van der Waals surface area (Å²) >= 11 is 1.56. The van der Waals surface area contributed by atoms with Crippen molar-refractivity contribution in [3.63, 3.8) is 0 Å². The van der Waals surface area contributed by atoms with E-state index in [2.05, 4.69) is 10.3 Å². The lowest BCUT2D eigenvalue weighted by Gasteiger charge is -2.15. The average molecular weight is 440 g/mol. The van der Waals surface area contributed by atoms with E-state index in [0.29, 0.717) is 28.5 Å². The van der Waals surface area contributed by atoms with E-state index < -0.39 is 0 Å². The van der Waals surface area contributed by atoms with E-state index in [0.717, 1.165) is 16.2 Å². The maximum absolute atomic E-state index is 13.0. The van der Waals surface area contributed by atoms with Crippen LogP contribution >= 0.6 is 11.3 Å². The molecule has 1 amide bonds. The van der Waals surface area contributed by atoms with Crippen LogP contribution in [-0.4, -0.2) is 36.6 Å². The number of carbonyl (C=O) groups excluding carboxylic acids is 1. The fourth-order valence-corrected chi connectivity index (χ4v) is 3.78. The maximum atomic E-state index is 13.0. The molecule has 2 heterocycles. The van der Waals surface area contributed by atoms with Gasteiger partial charge in [-0.15, -0.1) is 11.3 Å². The SMILES string of the molecule is CC.COc1cc(C(=O)Nc2ccccc2-c2cn3ccsc3n2)cc(OC)c1OC. The lowest BCUT2D eigenvalue weighted by Crippen LogP contribution is -2.13. The Morgan fingerprint density at radius 2 is 1.71 bits per heavy atom. The highest BCUT2D eigenvalue weighted by molar-refractivity contribution is 7.15. The first kappa shape index (κ1) is 22.2. The molecule has 0 spiro atoms. The number of hydrogen-bond donors (Lipinski definition) is 1. The summed E-state index contributed by atoms with van der Waals surface area (Å²) in [5.41, 5.74) is 2.68. The number of rotatable bonds is 6. The van der Waals surface area contributed by atoms with Crippen LogP contribution in [-0.2, 0) is 0 Å². The number of nitrogens with one attached hydrogen (secondary N) is 1. The minimum atomic E-state index is -0.294. The molecule has 8 heteroatoms. The van der Waals surface area contributed by atoms with Crippen molar-refractivity contribution in [3.05, 3.63) is 59.7 Å². The zero-order valence-corrected chi connectivity index (χ0v) is 18.9. The summed E-state index contributed by atoms with van der Waals surface area (Å²) in [5.74, 6) is 0.974. The summed E-state index contributed by atoms with van der Waals surface area (Å²) < 4.78 is 18.0. The van der Waals surface area contributed by atoms with Crippen LogP contribution in [0.5, 0.6) is 17.2 Å². The molecule has 31 heavy (non-hydrogen) atoms. The zero-order valence-electron chi connectivity index (χ0n) is 18.1. The number of amides is 1. The monoisotopic (exact) mass is 439 g/mol. The lowest BCUT2D eigenvalue weighted by atomic mass is 10.1. The molecule has 0 saturated heterocycles. The van der Waals surface area contributed by atoms with Gasteiger partial charge in [-0.2, -0.15) is 0 Å². The summed E-state index contributed by atoms with van der Waals surface area (Å²) in [4.78, 5) is 18.5. The molecule has 4 rings (SSSR count). The van der Waals surface area contributed by atoms with Gasteiger partial charge in [-0.05, 0) is 18.2 Å². The number of benzene rings is 2. The molecule has 0 aliphatic heterocycles. The molecular weight excluding hydrogens is 414 g/mol. The van der Waals surface area contributed by atoms with Crippen molar-refractivity contribution < 1.29 is 19.0 Å². The quantitative estimate of drug-likeness (QED) is 0.437. The lowest BCUT2D eigenvalue weighted by molar-refractivity contribution is 0.102. The van der Waals surface area contributed by atoms with Gasteiger partial charge in [-0.25, -0.2) is 4.98 Å². The minimum Gasteiger partial charge on any atom is -0.493 e. The number of imidazole rings is 1.